The van der Waals surface area contributed by atoms with Gasteiger partial charge in [-0.3, -0.25) is 0 Å². The zero-order valence-corrected chi connectivity index (χ0v) is 13.0. The number of hydrogen-bond acceptors (Lipinski definition) is 2. The average molecular weight is 294 g/mol. The van der Waals surface area contributed by atoms with E-state index in [4.69, 9.17) is 16.3 Å². The maximum absolute atomic E-state index is 5.93. The van der Waals surface area contributed by atoms with E-state index in [2.05, 4.69) is 17.4 Å². The standard InChI is InChI=1S/C17H24ClNO/c1-20-9-8-17(6-7-17)12-19-16-10-14(11-16)13-2-4-15(18)5-3-13/h2-5,14,16,19H,6-12H2,1H3. The number of methoxy groups -OCH3 is 1. The van der Waals surface area contributed by atoms with E-state index < -0.39 is 0 Å². The summed E-state index contributed by atoms with van der Waals surface area (Å²) >= 11 is 5.93. The van der Waals surface area contributed by atoms with Crippen molar-refractivity contribution < 1.29 is 4.74 Å². The monoisotopic (exact) mass is 293 g/mol. The largest absolute Gasteiger partial charge is 0.385 e. The third kappa shape index (κ3) is 3.36. The molecule has 1 aromatic carbocycles. The first-order valence-electron chi connectivity index (χ1n) is 7.69. The predicted octanol–water partition coefficient (Wildman–Crippen LogP) is 3.99. The van der Waals surface area contributed by atoms with Crippen molar-refractivity contribution in [2.24, 2.45) is 5.41 Å². The molecule has 20 heavy (non-hydrogen) atoms. The van der Waals surface area contributed by atoms with E-state index in [0.29, 0.717) is 11.5 Å². The first-order valence-corrected chi connectivity index (χ1v) is 8.06. The summed E-state index contributed by atoms with van der Waals surface area (Å²) in [7, 11) is 1.80. The second-order valence-electron chi connectivity index (χ2n) is 6.54. The predicted molar refractivity (Wildman–Crippen MR) is 83.4 cm³/mol. The van der Waals surface area contributed by atoms with Gasteiger partial charge in [-0.2, -0.15) is 0 Å². The minimum absolute atomic E-state index is 0.557. The number of hydrogen-bond donors (Lipinski definition) is 1. The van der Waals surface area contributed by atoms with Crippen molar-refractivity contribution in [2.75, 3.05) is 20.3 Å². The van der Waals surface area contributed by atoms with Crippen molar-refractivity contribution in [1.29, 1.82) is 0 Å². The van der Waals surface area contributed by atoms with Gasteiger partial charge in [-0.15, -0.1) is 0 Å². The maximum atomic E-state index is 5.93. The Balaban J connectivity index is 1.39. The van der Waals surface area contributed by atoms with Crippen LogP contribution in [0.25, 0.3) is 0 Å². The molecule has 0 unspecified atom stereocenters. The Morgan fingerprint density at radius 3 is 2.55 bits per heavy atom. The van der Waals surface area contributed by atoms with Crippen LogP contribution in [0.2, 0.25) is 5.02 Å². The minimum atomic E-state index is 0.557. The lowest BCUT2D eigenvalue weighted by molar-refractivity contribution is 0.166. The fourth-order valence-corrected chi connectivity index (χ4v) is 3.29. The summed E-state index contributed by atoms with van der Waals surface area (Å²) in [6, 6.07) is 9.05. The highest BCUT2D eigenvalue weighted by Crippen LogP contribution is 2.48. The van der Waals surface area contributed by atoms with Gasteiger partial charge in [0, 0.05) is 31.3 Å². The molecule has 110 valence electrons. The molecule has 3 heteroatoms. The van der Waals surface area contributed by atoms with Crippen LogP contribution in [-0.4, -0.2) is 26.3 Å². The Morgan fingerprint density at radius 1 is 1.25 bits per heavy atom. The normalized spacial score (nSPS) is 27.1. The first-order chi connectivity index (χ1) is 9.71. The molecule has 0 bridgehead atoms. The molecule has 0 atom stereocenters. The molecule has 0 heterocycles. The van der Waals surface area contributed by atoms with Crippen LogP contribution >= 0.6 is 11.6 Å². The molecule has 2 aliphatic carbocycles. The molecule has 2 nitrogen and oxygen atoms in total. The van der Waals surface area contributed by atoms with E-state index in [-0.39, 0.29) is 0 Å². The second kappa shape index (κ2) is 6.05. The van der Waals surface area contributed by atoms with Crippen LogP contribution in [-0.2, 0) is 4.74 Å². The van der Waals surface area contributed by atoms with Gasteiger partial charge >= 0.3 is 0 Å². The quantitative estimate of drug-likeness (QED) is 0.821. The van der Waals surface area contributed by atoms with Gasteiger partial charge in [-0.1, -0.05) is 23.7 Å². The summed E-state index contributed by atoms with van der Waals surface area (Å²) in [6.45, 7) is 2.08. The fourth-order valence-electron chi connectivity index (χ4n) is 3.16. The number of halogens is 1. The van der Waals surface area contributed by atoms with Gasteiger partial charge < -0.3 is 10.1 Å². The molecule has 0 aliphatic heterocycles. The summed E-state index contributed by atoms with van der Waals surface area (Å²) in [4.78, 5) is 0. The number of ether oxygens (including phenoxy) is 1. The lowest BCUT2D eigenvalue weighted by Crippen LogP contribution is -2.42. The molecule has 2 saturated carbocycles. The molecule has 3 rings (SSSR count). The Labute approximate surface area is 126 Å². The van der Waals surface area contributed by atoms with Gasteiger partial charge in [0.25, 0.3) is 0 Å². The molecular formula is C17H24ClNO. The van der Waals surface area contributed by atoms with E-state index in [0.717, 1.165) is 17.5 Å². The van der Waals surface area contributed by atoms with E-state index >= 15 is 0 Å². The smallest absolute Gasteiger partial charge is 0.0468 e. The van der Waals surface area contributed by atoms with Gasteiger partial charge in [-0.05, 0) is 61.1 Å². The van der Waals surface area contributed by atoms with E-state index in [1.807, 2.05) is 12.1 Å². The van der Waals surface area contributed by atoms with Gasteiger partial charge in [0.05, 0.1) is 0 Å². The molecule has 0 aromatic heterocycles. The van der Waals surface area contributed by atoms with Crippen molar-refractivity contribution in [3.05, 3.63) is 34.9 Å². The summed E-state index contributed by atoms with van der Waals surface area (Å²) in [5, 5.41) is 4.59. The van der Waals surface area contributed by atoms with E-state index in [9.17, 15) is 0 Å². The Bertz CT molecular complexity index is 435. The van der Waals surface area contributed by atoms with Crippen LogP contribution in [0.4, 0.5) is 0 Å². The van der Waals surface area contributed by atoms with Crippen molar-refractivity contribution in [1.82, 2.24) is 5.32 Å². The van der Waals surface area contributed by atoms with Crippen LogP contribution in [0.1, 0.15) is 43.6 Å². The van der Waals surface area contributed by atoms with Crippen molar-refractivity contribution >= 4 is 11.6 Å². The lowest BCUT2D eigenvalue weighted by Gasteiger charge is -2.37. The van der Waals surface area contributed by atoms with Gasteiger partial charge in [0.1, 0.15) is 0 Å². The molecule has 0 radical (unpaired) electrons. The molecule has 1 N–H and O–H groups in total. The zero-order chi connectivity index (χ0) is 14.0. The first kappa shape index (κ1) is 14.4. The highest BCUT2D eigenvalue weighted by atomic mass is 35.5. The summed E-state index contributed by atoms with van der Waals surface area (Å²) in [6.07, 6.45) is 6.49. The van der Waals surface area contributed by atoms with Crippen LogP contribution in [0.15, 0.2) is 24.3 Å². The number of benzene rings is 1. The molecular weight excluding hydrogens is 270 g/mol. The maximum Gasteiger partial charge on any atom is 0.0468 e. The Morgan fingerprint density at radius 2 is 1.95 bits per heavy atom. The van der Waals surface area contributed by atoms with Gasteiger partial charge in [0.2, 0.25) is 0 Å². The van der Waals surface area contributed by atoms with Crippen LogP contribution in [0, 0.1) is 5.41 Å². The second-order valence-corrected chi connectivity index (χ2v) is 6.98. The Kier molecular flexibility index (Phi) is 4.34. The molecule has 1 aromatic rings. The molecule has 0 spiro atoms. The SMILES string of the molecule is COCCC1(CNC2CC(c3ccc(Cl)cc3)C2)CC1. The highest BCUT2D eigenvalue weighted by molar-refractivity contribution is 6.30. The molecule has 0 amide bonds. The third-order valence-electron chi connectivity index (χ3n) is 5.04. The zero-order valence-electron chi connectivity index (χ0n) is 12.2. The molecule has 2 fully saturated rings. The van der Waals surface area contributed by atoms with Gasteiger partial charge in [0.15, 0.2) is 0 Å². The van der Waals surface area contributed by atoms with Crippen LogP contribution in [0.5, 0.6) is 0 Å². The topological polar surface area (TPSA) is 21.3 Å². The van der Waals surface area contributed by atoms with Crippen LogP contribution < -0.4 is 5.32 Å². The third-order valence-corrected chi connectivity index (χ3v) is 5.29. The molecule has 2 aliphatic rings. The average Bonchev–Trinajstić information content (AvgIpc) is 3.17. The highest BCUT2D eigenvalue weighted by Gasteiger charge is 2.42. The van der Waals surface area contributed by atoms with Gasteiger partial charge in [-0.25, -0.2) is 0 Å². The number of nitrogens with one attached hydrogen (secondary N) is 1. The lowest BCUT2D eigenvalue weighted by atomic mass is 9.75. The molecule has 0 saturated heterocycles. The van der Waals surface area contributed by atoms with Crippen LogP contribution in [0.3, 0.4) is 0 Å². The summed E-state index contributed by atoms with van der Waals surface area (Å²) in [5.74, 6) is 0.721. The number of rotatable bonds is 7. The van der Waals surface area contributed by atoms with Crippen molar-refractivity contribution in [2.45, 2.75) is 44.1 Å². The van der Waals surface area contributed by atoms with Crippen molar-refractivity contribution in [3.63, 3.8) is 0 Å². The van der Waals surface area contributed by atoms with E-state index in [1.165, 1.54) is 44.2 Å². The van der Waals surface area contributed by atoms with Crippen molar-refractivity contribution in [3.8, 4) is 0 Å². The summed E-state index contributed by atoms with van der Waals surface area (Å²) < 4.78 is 5.21. The summed E-state index contributed by atoms with van der Waals surface area (Å²) in [5.41, 5.74) is 1.99. The Hall–Kier alpha value is -0.570. The van der Waals surface area contributed by atoms with E-state index in [1.54, 1.807) is 7.11 Å². The minimum Gasteiger partial charge on any atom is -0.385 e. The fraction of sp³-hybridized carbons (Fsp3) is 0.647.